The van der Waals surface area contributed by atoms with E-state index in [-0.39, 0.29) is 5.82 Å². The Kier molecular flexibility index (Phi) is 2.64. The third kappa shape index (κ3) is 2.13. The Bertz CT molecular complexity index is 771. The molecule has 0 aliphatic rings. The van der Waals surface area contributed by atoms with Gasteiger partial charge < -0.3 is 5.11 Å². The first-order valence-electron chi connectivity index (χ1n) is 5.66. The monoisotopic (exact) mass is 251 g/mol. The number of nitrogens with zero attached hydrogens (tertiary/aromatic N) is 3. The van der Waals surface area contributed by atoms with Gasteiger partial charge in [-0.25, -0.2) is 19.7 Å². The molecule has 5 heteroatoms. The van der Waals surface area contributed by atoms with Crippen molar-refractivity contribution >= 4 is 16.9 Å². The van der Waals surface area contributed by atoms with Gasteiger partial charge in [0.1, 0.15) is 0 Å². The van der Waals surface area contributed by atoms with Crippen LogP contribution in [0.5, 0.6) is 0 Å². The van der Waals surface area contributed by atoms with Crippen molar-refractivity contribution in [2.75, 3.05) is 0 Å². The van der Waals surface area contributed by atoms with Crippen LogP contribution in [0.15, 0.2) is 48.7 Å². The molecule has 0 bridgehead atoms. The minimum atomic E-state index is -1.15. The highest BCUT2D eigenvalue weighted by molar-refractivity contribution is 5.84. The average Bonchev–Trinajstić information content (AvgIpc) is 2.47. The summed E-state index contributed by atoms with van der Waals surface area (Å²) in [5.74, 6) is -1.38. The van der Waals surface area contributed by atoms with E-state index in [1.165, 1.54) is 6.20 Å². The third-order valence-corrected chi connectivity index (χ3v) is 2.71. The maximum atomic E-state index is 10.9. The SMILES string of the molecule is O=C(O)c1nccc(-c2ccc3ccccc3n2)n1. The molecule has 1 aromatic carbocycles. The summed E-state index contributed by atoms with van der Waals surface area (Å²) in [5, 5.41) is 9.91. The first-order valence-corrected chi connectivity index (χ1v) is 5.66. The lowest BCUT2D eigenvalue weighted by atomic mass is 10.2. The Hall–Kier alpha value is -2.82. The molecule has 3 rings (SSSR count). The Morgan fingerprint density at radius 2 is 1.74 bits per heavy atom. The van der Waals surface area contributed by atoms with Crippen LogP contribution in [0.2, 0.25) is 0 Å². The molecule has 2 aromatic heterocycles. The number of rotatable bonds is 2. The standard InChI is InChI=1S/C14H9N3O2/c18-14(19)13-15-8-7-12(17-13)11-6-5-9-3-1-2-4-10(9)16-11/h1-8H,(H,18,19). The number of hydrogen-bond donors (Lipinski definition) is 1. The van der Waals surface area contributed by atoms with E-state index in [1.807, 2.05) is 36.4 Å². The summed E-state index contributed by atoms with van der Waals surface area (Å²) in [6.07, 6.45) is 1.42. The van der Waals surface area contributed by atoms with Crippen LogP contribution in [-0.4, -0.2) is 26.0 Å². The van der Waals surface area contributed by atoms with Gasteiger partial charge in [-0.2, -0.15) is 0 Å². The van der Waals surface area contributed by atoms with Crippen molar-refractivity contribution in [3.05, 3.63) is 54.5 Å². The summed E-state index contributed by atoms with van der Waals surface area (Å²) in [7, 11) is 0. The predicted molar refractivity (Wildman–Crippen MR) is 69.7 cm³/mol. The van der Waals surface area contributed by atoms with Gasteiger partial charge in [-0.15, -0.1) is 0 Å². The first kappa shape index (κ1) is 11.3. The van der Waals surface area contributed by atoms with E-state index >= 15 is 0 Å². The highest BCUT2D eigenvalue weighted by Gasteiger charge is 2.09. The molecule has 0 saturated heterocycles. The van der Waals surface area contributed by atoms with Crippen molar-refractivity contribution in [3.63, 3.8) is 0 Å². The summed E-state index contributed by atoms with van der Waals surface area (Å²) >= 11 is 0. The molecule has 0 atom stereocenters. The Balaban J connectivity index is 2.13. The molecule has 1 N–H and O–H groups in total. The molecule has 0 unspecified atom stereocenters. The number of benzene rings is 1. The summed E-state index contributed by atoms with van der Waals surface area (Å²) in [6, 6.07) is 13.1. The van der Waals surface area contributed by atoms with Gasteiger partial charge in [-0.3, -0.25) is 0 Å². The number of pyridine rings is 1. The van der Waals surface area contributed by atoms with Crippen LogP contribution in [-0.2, 0) is 0 Å². The largest absolute Gasteiger partial charge is 0.475 e. The smallest absolute Gasteiger partial charge is 0.373 e. The predicted octanol–water partition coefficient (Wildman–Crippen LogP) is 2.39. The number of para-hydroxylation sites is 1. The molecule has 0 spiro atoms. The second kappa shape index (κ2) is 4.45. The molecule has 0 radical (unpaired) electrons. The summed E-state index contributed by atoms with van der Waals surface area (Å²) in [6.45, 7) is 0. The van der Waals surface area contributed by atoms with Gasteiger partial charge in [0.05, 0.1) is 16.9 Å². The van der Waals surface area contributed by atoms with Crippen molar-refractivity contribution in [1.82, 2.24) is 15.0 Å². The fourth-order valence-electron chi connectivity index (χ4n) is 1.81. The molecular weight excluding hydrogens is 242 g/mol. The highest BCUT2D eigenvalue weighted by Crippen LogP contribution is 2.18. The lowest BCUT2D eigenvalue weighted by Gasteiger charge is -2.02. The lowest BCUT2D eigenvalue weighted by Crippen LogP contribution is -2.04. The third-order valence-electron chi connectivity index (χ3n) is 2.71. The van der Waals surface area contributed by atoms with Crippen molar-refractivity contribution in [2.45, 2.75) is 0 Å². The van der Waals surface area contributed by atoms with Crippen LogP contribution < -0.4 is 0 Å². The van der Waals surface area contributed by atoms with Crippen LogP contribution in [0, 0.1) is 0 Å². The molecule has 5 nitrogen and oxygen atoms in total. The Labute approximate surface area is 108 Å². The topological polar surface area (TPSA) is 76.0 Å². The van der Waals surface area contributed by atoms with Crippen LogP contribution in [0.25, 0.3) is 22.3 Å². The first-order chi connectivity index (χ1) is 9.24. The van der Waals surface area contributed by atoms with Crippen molar-refractivity contribution in [1.29, 1.82) is 0 Å². The zero-order chi connectivity index (χ0) is 13.2. The molecule has 2 heterocycles. The zero-order valence-electron chi connectivity index (χ0n) is 9.82. The van der Waals surface area contributed by atoms with Crippen LogP contribution in [0.1, 0.15) is 10.6 Å². The van der Waals surface area contributed by atoms with Crippen molar-refractivity contribution in [3.8, 4) is 11.4 Å². The average molecular weight is 251 g/mol. The number of aromatic nitrogens is 3. The quantitative estimate of drug-likeness (QED) is 0.756. The molecule has 0 saturated carbocycles. The van der Waals surface area contributed by atoms with Crippen molar-refractivity contribution < 1.29 is 9.90 Å². The number of hydrogen-bond acceptors (Lipinski definition) is 4. The van der Waals surface area contributed by atoms with Gasteiger partial charge in [0.15, 0.2) is 0 Å². The second-order valence-electron chi connectivity index (χ2n) is 3.96. The zero-order valence-corrected chi connectivity index (χ0v) is 9.82. The molecule has 0 amide bonds. The van der Waals surface area contributed by atoms with Gasteiger partial charge in [0, 0.05) is 11.6 Å². The van der Waals surface area contributed by atoms with E-state index in [2.05, 4.69) is 15.0 Å². The van der Waals surface area contributed by atoms with Gasteiger partial charge in [0.25, 0.3) is 0 Å². The van der Waals surface area contributed by atoms with E-state index in [1.54, 1.807) is 6.07 Å². The second-order valence-corrected chi connectivity index (χ2v) is 3.96. The fourth-order valence-corrected chi connectivity index (χ4v) is 1.81. The van der Waals surface area contributed by atoms with Crippen LogP contribution in [0.4, 0.5) is 0 Å². The Morgan fingerprint density at radius 3 is 2.58 bits per heavy atom. The van der Waals surface area contributed by atoms with E-state index in [9.17, 15) is 4.79 Å². The van der Waals surface area contributed by atoms with Crippen molar-refractivity contribution in [2.24, 2.45) is 0 Å². The van der Waals surface area contributed by atoms with E-state index in [0.717, 1.165) is 10.9 Å². The molecule has 0 aliphatic heterocycles. The number of carboxylic acids is 1. The number of carbonyl (C=O) groups is 1. The lowest BCUT2D eigenvalue weighted by molar-refractivity contribution is 0.0683. The number of aromatic carboxylic acids is 1. The van der Waals surface area contributed by atoms with Crippen LogP contribution >= 0.6 is 0 Å². The number of fused-ring (bicyclic) bond motifs is 1. The van der Waals surface area contributed by atoms with E-state index < -0.39 is 5.97 Å². The molecule has 0 fully saturated rings. The molecular formula is C14H9N3O2. The molecule has 0 aliphatic carbocycles. The number of carboxylic acid groups (broad SMARTS) is 1. The van der Waals surface area contributed by atoms with Gasteiger partial charge in [0.2, 0.25) is 5.82 Å². The fraction of sp³-hybridized carbons (Fsp3) is 0. The minimum Gasteiger partial charge on any atom is -0.475 e. The molecule has 92 valence electrons. The minimum absolute atomic E-state index is 0.229. The van der Waals surface area contributed by atoms with E-state index in [4.69, 9.17) is 5.11 Å². The summed E-state index contributed by atoms with van der Waals surface area (Å²) in [4.78, 5) is 23.0. The summed E-state index contributed by atoms with van der Waals surface area (Å²) < 4.78 is 0. The molecule has 19 heavy (non-hydrogen) atoms. The maximum Gasteiger partial charge on any atom is 0.373 e. The molecule has 3 aromatic rings. The Morgan fingerprint density at radius 1 is 0.947 bits per heavy atom. The maximum absolute atomic E-state index is 10.9. The van der Waals surface area contributed by atoms with Gasteiger partial charge in [-0.05, 0) is 18.2 Å². The normalized spacial score (nSPS) is 10.5. The van der Waals surface area contributed by atoms with E-state index in [0.29, 0.717) is 11.4 Å². The van der Waals surface area contributed by atoms with Gasteiger partial charge >= 0.3 is 5.97 Å². The highest BCUT2D eigenvalue weighted by atomic mass is 16.4. The summed E-state index contributed by atoms with van der Waals surface area (Å²) in [5.41, 5.74) is 1.97. The van der Waals surface area contributed by atoms with Gasteiger partial charge in [-0.1, -0.05) is 24.3 Å². The van der Waals surface area contributed by atoms with Crippen LogP contribution in [0.3, 0.4) is 0 Å².